The summed E-state index contributed by atoms with van der Waals surface area (Å²) in [6.45, 7) is -0.0742. The molecule has 4 nitrogen and oxygen atoms in total. The SMILES string of the molecule is CS(=O)(=O)N(Cc1cccnc1)c1ccc(F)cc1F.Cl. The Balaban J connectivity index is 0.00000220. The molecule has 0 radical (unpaired) electrons. The second-order valence-corrected chi connectivity index (χ2v) is 6.13. The molecule has 0 atom stereocenters. The van der Waals surface area contributed by atoms with Gasteiger partial charge in [-0.2, -0.15) is 0 Å². The van der Waals surface area contributed by atoms with Crippen LogP contribution < -0.4 is 4.31 Å². The van der Waals surface area contributed by atoms with Crippen LogP contribution in [0.1, 0.15) is 5.56 Å². The fourth-order valence-corrected chi connectivity index (χ4v) is 2.61. The molecule has 0 aliphatic carbocycles. The predicted molar refractivity (Wildman–Crippen MR) is 78.9 cm³/mol. The number of rotatable bonds is 4. The van der Waals surface area contributed by atoms with E-state index in [1.165, 1.54) is 6.20 Å². The zero-order chi connectivity index (χ0) is 14.8. The Bertz CT molecular complexity index is 711. The molecular weight excluding hydrogens is 322 g/mol. The van der Waals surface area contributed by atoms with Gasteiger partial charge in [-0.15, -0.1) is 12.4 Å². The van der Waals surface area contributed by atoms with E-state index >= 15 is 0 Å². The average molecular weight is 335 g/mol. The Morgan fingerprint density at radius 1 is 1.24 bits per heavy atom. The minimum absolute atomic E-state index is 0. The van der Waals surface area contributed by atoms with Crippen LogP contribution in [-0.4, -0.2) is 19.7 Å². The Morgan fingerprint density at radius 3 is 2.48 bits per heavy atom. The number of anilines is 1. The van der Waals surface area contributed by atoms with Crippen molar-refractivity contribution in [3.05, 3.63) is 59.9 Å². The molecule has 0 unspecified atom stereocenters. The van der Waals surface area contributed by atoms with Crippen LogP contribution in [0.5, 0.6) is 0 Å². The molecule has 0 N–H and O–H groups in total. The number of halogens is 3. The monoisotopic (exact) mass is 334 g/mol. The van der Waals surface area contributed by atoms with Crippen molar-refractivity contribution in [3.63, 3.8) is 0 Å². The molecule has 2 rings (SSSR count). The number of aromatic nitrogens is 1. The molecule has 2 aromatic rings. The molecule has 0 aliphatic rings. The number of benzene rings is 1. The maximum absolute atomic E-state index is 13.8. The summed E-state index contributed by atoms with van der Waals surface area (Å²) in [5.41, 5.74) is 0.402. The van der Waals surface area contributed by atoms with E-state index in [4.69, 9.17) is 0 Å². The zero-order valence-corrected chi connectivity index (χ0v) is 12.7. The van der Waals surface area contributed by atoms with Crippen molar-refractivity contribution in [1.29, 1.82) is 0 Å². The van der Waals surface area contributed by atoms with Crippen LogP contribution in [0.25, 0.3) is 0 Å². The van der Waals surface area contributed by atoms with Crippen molar-refractivity contribution in [2.24, 2.45) is 0 Å². The molecule has 8 heteroatoms. The van der Waals surface area contributed by atoms with Gasteiger partial charge in [-0.3, -0.25) is 9.29 Å². The number of hydrogen-bond donors (Lipinski definition) is 0. The highest BCUT2D eigenvalue weighted by Gasteiger charge is 2.21. The third kappa shape index (κ3) is 4.37. The topological polar surface area (TPSA) is 50.3 Å². The highest BCUT2D eigenvalue weighted by Crippen LogP contribution is 2.24. The Morgan fingerprint density at radius 2 is 1.95 bits per heavy atom. The fraction of sp³-hybridized carbons (Fsp3) is 0.154. The molecule has 1 aromatic heterocycles. The lowest BCUT2D eigenvalue weighted by Crippen LogP contribution is -2.30. The lowest BCUT2D eigenvalue weighted by molar-refractivity contribution is 0.575. The fourth-order valence-electron chi connectivity index (χ4n) is 1.72. The minimum atomic E-state index is -3.71. The summed E-state index contributed by atoms with van der Waals surface area (Å²) in [7, 11) is -3.71. The number of nitrogens with zero attached hydrogens (tertiary/aromatic N) is 2. The van der Waals surface area contributed by atoms with E-state index in [-0.39, 0.29) is 24.6 Å². The Labute approximate surface area is 127 Å². The van der Waals surface area contributed by atoms with Crippen molar-refractivity contribution >= 4 is 28.1 Å². The summed E-state index contributed by atoms with van der Waals surface area (Å²) in [6, 6.07) is 6.09. The van der Waals surface area contributed by atoms with E-state index < -0.39 is 21.7 Å². The maximum atomic E-state index is 13.8. The van der Waals surface area contributed by atoms with E-state index in [9.17, 15) is 17.2 Å². The maximum Gasteiger partial charge on any atom is 0.232 e. The molecule has 0 fully saturated rings. The van der Waals surface area contributed by atoms with Gasteiger partial charge in [0.25, 0.3) is 0 Å². The summed E-state index contributed by atoms with van der Waals surface area (Å²) < 4.78 is 51.2. The summed E-state index contributed by atoms with van der Waals surface area (Å²) in [5, 5.41) is 0. The molecule has 1 aromatic carbocycles. The number of pyridine rings is 1. The van der Waals surface area contributed by atoms with E-state index in [2.05, 4.69) is 4.98 Å². The summed E-state index contributed by atoms with van der Waals surface area (Å²) in [5.74, 6) is -1.69. The molecule has 0 amide bonds. The van der Waals surface area contributed by atoms with Gasteiger partial charge in [0.1, 0.15) is 11.6 Å². The molecule has 1 heterocycles. The van der Waals surface area contributed by atoms with Gasteiger partial charge in [-0.25, -0.2) is 17.2 Å². The zero-order valence-electron chi connectivity index (χ0n) is 11.0. The molecule has 0 spiro atoms. The second kappa shape index (κ2) is 6.82. The third-order valence-corrected chi connectivity index (χ3v) is 3.75. The average Bonchev–Trinajstić information content (AvgIpc) is 2.37. The van der Waals surface area contributed by atoms with Gasteiger partial charge < -0.3 is 0 Å². The molecular formula is C13H13ClF2N2O2S. The van der Waals surface area contributed by atoms with E-state index in [1.807, 2.05) is 0 Å². The van der Waals surface area contributed by atoms with Crippen LogP contribution in [0, 0.1) is 11.6 Å². The van der Waals surface area contributed by atoms with Crippen LogP contribution in [0.4, 0.5) is 14.5 Å². The first-order chi connectivity index (χ1) is 9.38. The molecule has 0 saturated heterocycles. The standard InChI is InChI=1S/C13H12F2N2O2S.ClH/c1-20(18,19)17(9-10-3-2-6-16-8-10)13-5-4-11(14)7-12(13)15;/h2-8H,9H2,1H3;1H. The molecule has 0 aliphatic heterocycles. The van der Waals surface area contributed by atoms with Gasteiger partial charge in [-0.1, -0.05) is 6.07 Å². The highest BCUT2D eigenvalue weighted by molar-refractivity contribution is 7.92. The van der Waals surface area contributed by atoms with Crippen LogP contribution in [-0.2, 0) is 16.6 Å². The largest absolute Gasteiger partial charge is 0.264 e. The lowest BCUT2D eigenvalue weighted by atomic mass is 10.2. The van der Waals surface area contributed by atoms with Crippen molar-refractivity contribution in [3.8, 4) is 0 Å². The summed E-state index contributed by atoms with van der Waals surface area (Å²) in [6.07, 6.45) is 4.00. The molecule has 0 saturated carbocycles. The van der Waals surface area contributed by atoms with Crippen LogP contribution in [0.15, 0.2) is 42.7 Å². The highest BCUT2D eigenvalue weighted by atomic mass is 35.5. The third-order valence-electron chi connectivity index (χ3n) is 2.63. The lowest BCUT2D eigenvalue weighted by Gasteiger charge is -2.22. The minimum Gasteiger partial charge on any atom is -0.264 e. The van der Waals surface area contributed by atoms with E-state index in [1.54, 1.807) is 18.3 Å². The van der Waals surface area contributed by atoms with Crippen LogP contribution in [0.2, 0.25) is 0 Å². The van der Waals surface area contributed by atoms with E-state index in [0.717, 1.165) is 22.7 Å². The quantitative estimate of drug-likeness (QED) is 0.864. The normalized spacial score (nSPS) is 10.8. The van der Waals surface area contributed by atoms with Crippen LogP contribution in [0.3, 0.4) is 0 Å². The Hall–Kier alpha value is -1.73. The first kappa shape index (κ1) is 17.3. The summed E-state index contributed by atoms with van der Waals surface area (Å²) in [4.78, 5) is 3.87. The molecule has 0 bridgehead atoms. The molecule has 21 heavy (non-hydrogen) atoms. The summed E-state index contributed by atoms with van der Waals surface area (Å²) >= 11 is 0. The van der Waals surface area contributed by atoms with Gasteiger partial charge in [0.05, 0.1) is 18.5 Å². The number of sulfonamides is 1. The van der Waals surface area contributed by atoms with Gasteiger partial charge >= 0.3 is 0 Å². The first-order valence-electron chi connectivity index (χ1n) is 5.69. The smallest absolute Gasteiger partial charge is 0.232 e. The first-order valence-corrected chi connectivity index (χ1v) is 7.54. The predicted octanol–water partition coefficient (Wildman–Crippen LogP) is 2.75. The van der Waals surface area contributed by atoms with Crippen molar-refractivity contribution in [2.75, 3.05) is 10.6 Å². The van der Waals surface area contributed by atoms with Gasteiger partial charge in [-0.05, 0) is 23.8 Å². The second-order valence-electron chi connectivity index (χ2n) is 4.23. The number of hydrogen-bond acceptors (Lipinski definition) is 3. The van der Waals surface area contributed by atoms with Crippen molar-refractivity contribution in [1.82, 2.24) is 4.98 Å². The van der Waals surface area contributed by atoms with Gasteiger partial charge in [0, 0.05) is 18.5 Å². The van der Waals surface area contributed by atoms with Gasteiger partial charge in [0.2, 0.25) is 10.0 Å². The van der Waals surface area contributed by atoms with E-state index in [0.29, 0.717) is 11.6 Å². The molecule has 114 valence electrons. The van der Waals surface area contributed by atoms with Crippen molar-refractivity contribution in [2.45, 2.75) is 6.54 Å². The van der Waals surface area contributed by atoms with Gasteiger partial charge in [0.15, 0.2) is 0 Å². The van der Waals surface area contributed by atoms with Crippen LogP contribution >= 0.6 is 12.4 Å². The Kier molecular flexibility index (Phi) is 5.62. The van der Waals surface area contributed by atoms with Crippen molar-refractivity contribution < 1.29 is 17.2 Å².